The Morgan fingerprint density at radius 3 is 1.51 bits per heavy atom. The molecule has 4 aromatic heterocycles. The van der Waals surface area contributed by atoms with Gasteiger partial charge in [-0.2, -0.15) is 0 Å². The average molecular weight is 682 g/mol. The first-order valence-corrected chi connectivity index (χ1v) is 17.5. The lowest BCUT2D eigenvalue weighted by atomic mass is 10.1. The van der Waals surface area contributed by atoms with Crippen molar-refractivity contribution in [1.82, 2.24) is 29.1 Å². The lowest BCUT2D eigenvalue weighted by Gasteiger charge is -2.26. The number of hydrogen-bond donors (Lipinski definition) is 0. The molecule has 4 heterocycles. The van der Waals surface area contributed by atoms with Crippen molar-refractivity contribution in [3.8, 4) is 34.2 Å². The van der Waals surface area contributed by atoms with Crippen molar-refractivity contribution >= 4 is 49.8 Å². The van der Waals surface area contributed by atoms with Gasteiger partial charge in [0, 0.05) is 86.7 Å². The van der Waals surface area contributed by atoms with Gasteiger partial charge >= 0.3 is 0 Å². The topological polar surface area (TPSA) is 64.7 Å². The van der Waals surface area contributed by atoms with Gasteiger partial charge < -0.3 is 14.0 Å². The van der Waals surface area contributed by atoms with Gasteiger partial charge in [0.2, 0.25) is 0 Å². The Balaban J connectivity index is 1.18. The lowest BCUT2D eigenvalue weighted by Crippen LogP contribution is -2.10. The van der Waals surface area contributed by atoms with E-state index in [1.807, 2.05) is 12.1 Å². The number of anilines is 3. The monoisotopic (exact) mass is 681 g/mol. The molecule has 0 aliphatic heterocycles. The van der Waals surface area contributed by atoms with E-state index < -0.39 is 0 Å². The smallest absolute Gasteiger partial charge is 0.159 e. The fraction of sp³-hybridized carbons (Fsp3) is 0. The van der Waals surface area contributed by atoms with Gasteiger partial charge in [0.25, 0.3) is 0 Å². The predicted octanol–water partition coefficient (Wildman–Crippen LogP) is 11.1. The summed E-state index contributed by atoms with van der Waals surface area (Å²) in [5.41, 5.74) is 10.7. The number of hydrogen-bond acceptors (Lipinski definition) is 5. The van der Waals surface area contributed by atoms with E-state index >= 15 is 0 Å². The van der Waals surface area contributed by atoms with Crippen molar-refractivity contribution in [3.63, 3.8) is 0 Å². The van der Waals surface area contributed by atoms with Crippen LogP contribution >= 0.6 is 0 Å². The second-order valence-electron chi connectivity index (χ2n) is 12.9. The zero-order chi connectivity index (χ0) is 35.1. The molecule has 0 aliphatic carbocycles. The van der Waals surface area contributed by atoms with Gasteiger partial charge in [-0.15, -0.1) is 0 Å². The van der Waals surface area contributed by atoms with Crippen molar-refractivity contribution in [2.45, 2.75) is 0 Å². The van der Waals surface area contributed by atoms with Crippen LogP contribution < -0.4 is 4.90 Å². The summed E-state index contributed by atoms with van der Waals surface area (Å²) in [7, 11) is 0. The molecule has 0 saturated carbocycles. The van der Waals surface area contributed by atoms with Crippen LogP contribution in [0.5, 0.6) is 0 Å². The Morgan fingerprint density at radius 1 is 0.396 bits per heavy atom. The van der Waals surface area contributed by atoms with Gasteiger partial charge in [-0.1, -0.05) is 36.4 Å². The molecule has 0 radical (unpaired) electrons. The normalized spacial score (nSPS) is 11.4. The summed E-state index contributed by atoms with van der Waals surface area (Å²) < 4.78 is 4.65. The van der Waals surface area contributed by atoms with Gasteiger partial charge in [0.1, 0.15) is 0 Å². The first-order valence-electron chi connectivity index (χ1n) is 17.5. The maximum atomic E-state index is 4.47. The van der Waals surface area contributed by atoms with E-state index in [0.717, 1.165) is 61.5 Å². The highest BCUT2D eigenvalue weighted by molar-refractivity contribution is 6.14. The number of benzene rings is 6. The molecule has 7 nitrogen and oxygen atoms in total. The van der Waals surface area contributed by atoms with Crippen LogP contribution in [0.2, 0.25) is 0 Å². The molecule has 53 heavy (non-hydrogen) atoms. The second kappa shape index (κ2) is 12.7. The molecule has 250 valence electrons. The number of aromatic nitrogens is 6. The van der Waals surface area contributed by atoms with Gasteiger partial charge in [0.15, 0.2) is 11.6 Å². The minimum atomic E-state index is 0.694. The van der Waals surface area contributed by atoms with Crippen molar-refractivity contribution in [1.29, 1.82) is 0 Å². The molecule has 6 aromatic carbocycles. The van der Waals surface area contributed by atoms with Gasteiger partial charge in [-0.25, -0.2) is 19.9 Å². The maximum absolute atomic E-state index is 4.47. The van der Waals surface area contributed by atoms with Crippen LogP contribution in [-0.2, 0) is 0 Å². The molecule has 0 aliphatic rings. The van der Waals surface area contributed by atoms with Crippen LogP contribution in [0.4, 0.5) is 17.1 Å². The third-order valence-corrected chi connectivity index (χ3v) is 9.77. The summed E-state index contributed by atoms with van der Waals surface area (Å²) in [4.78, 5) is 20.2. The third-order valence-electron chi connectivity index (χ3n) is 9.77. The number of rotatable bonds is 7. The first-order chi connectivity index (χ1) is 26.3. The van der Waals surface area contributed by atoms with Crippen LogP contribution in [0.1, 0.15) is 0 Å². The van der Waals surface area contributed by atoms with Crippen LogP contribution in [0, 0.1) is 0 Å². The second-order valence-corrected chi connectivity index (χ2v) is 12.9. The van der Waals surface area contributed by atoms with E-state index in [-0.39, 0.29) is 0 Å². The standard InChI is InChI=1S/C46H31N7/c1-3-9-35(10-4-1)51-28-23-34-29-44-41(31-43(34)51)40-30-39(21-22-42(40)53(44)36-11-5-2-6-12-36)52(37-17-13-32(14-18-37)45-47-24-7-25-48-45)38-19-15-33(16-20-38)46-49-26-8-27-50-46/h1-31H. The zero-order valence-electron chi connectivity index (χ0n) is 28.5. The largest absolute Gasteiger partial charge is 0.317 e. The molecule has 7 heteroatoms. The Bertz CT molecular complexity index is 2770. The van der Waals surface area contributed by atoms with Gasteiger partial charge in [-0.3, -0.25) is 0 Å². The lowest BCUT2D eigenvalue weighted by molar-refractivity contribution is 1.13. The van der Waals surface area contributed by atoms with E-state index in [4.69, 9.17) is 0 Å². The van der Waals surface area contributed by atoms with Crippen LogP contribution in [0.15, 0.2) is 189 Å². The molecule has 0 fully saturated rings. The Kier molecular flexibility index (Phi) is 7.32. The Labute approximate surface area is 305 Å². The van der Waals surface area contributed by atoms with Crippen LogP contribution in [0.25, 0.3) is 66.9 Å². The molecule has 0 unspecified atom stereocenters. The van der Waals surface area contributed by atoms with E-state index in [1.165, 1.54) is 10.8 Å². The fourth-order valence-corrected chi connectivity index (χ4v) is 7.31. The maximum Gasteiger partial charge on any atom is 0.159 e. The third kappa shape index (κ3) is 5.39. The Hall–Kier alpha value is -7.38. The molecule has 0 N–H and O–H groups in total. The van der Waals surface area contributed by atoms with Crippen LogP contribution in [-0.4, -0.2) is 29.1 Å². The van der Waals surface area contributed by atoms with Gasteiger partial charge in [-0.05, 0) is 121 Å². The fourth-order valence-electron chi connectivity index (χ4n) is 7.31. The number of nitrogens with zero attached hydrogens (tertiary/aromatic N) is 7. The molecular weight excluding hydrogens is 651 g/mol. The number of para-hydroxylation sites is 2. The molecule has 0 saturated heterocycles. The molecule has 0 spiro atoms. The summed E-state index contributed by atoms with van der Waals surface area (Å²) in [6.07, 6.45) is 9.24. The van der Waals surface area contributed by atoms with E-state index in [0.29, 0.717) is 11.6 Å². The van der Waals surface area contributed by atoms with E-state index in [9.17, 15) is 0 Å². The summed E-state index contributed by atoms with van der Waals surface area (Å²) in [5, 5.41) is 3.54. The van der Waals surface area contributed by atoms with Crippen molar-refractivity contribution in [3.05, 3.63) is 189 Å². The minimum Gasteiger partial charge on any atom is -0.317 e. The zero-order valence-corrected chi connectivity index (χ0v) is 28.5. The van der Waals surface area contributed by atoms with Crippen molar-refractivity contribution in [2.75, 3.05) is 4.90 Å². The molecule has 10 aromatic rings. The molecule has 0 amide bonds. The molecule has 0 atom stereocenters. The van der Waals surface area contributed by atoms with Gasteiger partial charge in [0.05, 0.1) is 16.6 Å². The highest BCUT2D eigenvalue weighted by Gasteiger charge is 2.19. The molecule has 10 rings (SSSR count). The van der Waals surface area contributed by atoms with Crippen molar-refractivity contribution < 1.29 is 0 Å². The summed E-state index contributed by atoms with van der Waals surface area (Å²) in [6.45, 7) is 0. The SMILES string of the molecule is c1ccc(-n2ccc3cc4c(cc32)c2cc(N(c3ccc(-c5ncccn5)cc3)c3ccc(-c5ncccn5)cc3)ccc2n4-c2ccccc2)cc1. The Morgan fingerprint density at radius 2 is 0.925 bits per heavy atom. The number of fused-ring (bicyclic) bond motifs is 4. The van der Waals surface area contributed by atoms with Crippen molar-refractivity contribution in [2.24, 2.45) is 0 Å². The van der Waals surface area contributed by atoms with Crippen LogP contribution in [0.3, 0.4) is 0 Å². The average Bonchev–Trinajstić information content (AvgIpc) is 3.80. The minimum absolute atomic E-state index is 0.694. The highest BCUT2D eigenvalue weighted by atomic mass is 15.1. The van der Waals surface area contributed by atoms with E-state index in [1.54, 1.807) is 24.8 Å². The first kappa shape index (κ1) is 30.4. The molecular formula is C46H31N7. The van der Waals surface area contributed by atoms with E-state index in [2.05, 4.69) is 186 Å². The summed E-state index contributed by atoms with van der Waals surface area (Å²) in [5.74, 6) is 1.39. The summed E-state index contributed by atoms with van der Waals surface area (Å²) in [6, 6.07) is 55.3. The quantitative estimate of drug-likeness (QED) is 0.167. The summed E-state index contributed by atoms with van der Waals surface area (Å²) >= 11 is 0. The predicted molar refractivity (Wildman–Crippen MR) is 214 cm³/mol. The molecule has 0 bridgehead atoms. The highest BCUT2D eigenvalue weighted by Crippen LogP contribution is 2.41.